The van der Waals surface area contributed by atoms with Crippen molar-refractivity contribution < 1.29 is 9.53 Å². The average molecular weight is 241 g/mol. The molecule has 1 fully saturated rings. The second-order valence-corrected chi connectivity index (χ2v) is 7.15. The zero-order valence-electron chi connectivity index (χ0n) is 12.1. The van der Waals surface area contributed by atoms with Crippen molar-refractivity contribution in [3.8, 4) is 0 Å². The van der Waals surface area contributed by atoms with Crippen LogP contribution in [-0.4, -0.2) is 30.1 Å². The number of ether oxygens (including phenoxy) is 1. The van der Waals surface area contributed by atoms with Crippen molar-refractivity contribution >= 4 is 5.78 Å². The van der Waals surface area contributed by atoms with Gasteiger partial charge in [0.2, 0.25) is 0 Å². The minimum atomic E-state index is -0.408. The van der Waals surface area contributed by atoms with Gasteiger partial charge in [-0.15, -0.1) is 0 Å². The summed E-state index contributed by atoms with van der Waals surface area (Å²) in [6, 6.07) is 0. The van der Waals surface area contributed by atoms with Gasteiger partial charge in [-0.05, 0) is 33.6 Å². The summed E-state index contributed by atoms with van der Waals surface area (Å²) in [5.74, 6) is 0.309. The van der Waals surface area contributed by atoms with E-state index in [0.29, 0.717) is 19.0 Å². The molecule has 1 aliphatic heterocycles. The lowest BCUT2D eigenvalue weighted by Gasteiger charge is -2.44. The highest BCUT2D eigenvalue weighted by Crippen LogP contribution is 2.32. The minimum Gasteiger partial charge on any atom is -0.381 e. The number of ketones is 1. The zero-order chi connectivity index (χ0) is 13.3. The summed E-state index contributed by atoms with van der Waals surface area (Å²) in [6.45, 7) is 13.7. The van der Waals surface area contributed by atoms with Crippen molar-refractivity contribution in [1.29, 1.82) is 0 Å². The predicted octanol–water partition coefficient (Wildman–Crippen LogP) is 2.54. The van der Waals surface area contributed by atoms with Crippen LogP contribution < -0.4 is 5.32 Å². The Hall–Kier alpha value is -0.410. The number of carbonyl (C=O) groups is 1. The molecule has 0 atom stereocenters. The Kier molecular flexibility index (Phi) is 4.04. The van der Waals surface area contributed by atoms with Gasteiger partial charge in [0.05, 0.1) is 5.54 Å². The molecule has 1 heterocycles. The van der Waals surface area contributed by atoms with E-state index in [9.17, 15) is 4.79 Å². The molecule has 3 nitrogen and oxygen atoms in total. The van der Waals surface area contributed by atoms with Crippen molar-refractivity contribution in [2.24, 2.45) is 5.41 Å². The SMILES string of the molecule is CC(C)(C)NC1(C(=O)C(C)(C)C)CCOCC1. The van der Waals surface area contributed by atoms with Gasteiger partial charge in [0.25, 0.3) is 0 Å². The maximum atomic E-state index is 12.7. The summed E-state index contributed by atoms with van der Waals surface area (Å²) in [5.41, 5.74) is -0.775. The van der Waals surface area contributed by atoms with E-state index in [0.717, 1.165) is 12.8 Å². The van der Waals surface area contributed by atoms with Crippen molar-refractivity contribution in [2.45, 2.75) is 65.5 Å². The lowest BCUT2D eigenvalue weighted by Crippen LogP contribution is -2.63. The molecule has 1 aliphatic rings. The van der Waals surface area contributed by atoms with Crippen LogP contribution in [0.1, 0.15) is 54.4 Å². The molecule has 17 heavy (non-hydrogen) atoms. The Morgan fingerprint density at radius 3 is 1.88 bits per heavy atom. The van der Waals surface area contributed by atoms with Gasteiger partial charge in [-0.25, -0.2) is 0 Å². The quantitative estimate of drug-likeness (QED) is 0.807. The standard InChI is InChI=1S/C14H27NO2/c1-12(2,3)11(16)14(15-13(4,5)6)7-9-17-10-8-14/h15H,7-10H2,1-6H3. The van der Waals surface area contributed by atoms with E-state index in [1.807, 2.05) is 20.8 Å². The van der Waals surface area contributed by atoms with Gasteiger partial charge in [0.1, 0.15) is 0 Å². The molecule has 1 N–H and O–H groups in total. The number of carbonyl (C=O) groups excluding carboxylic acids is 1. The maximum absolute atomic E-state index is 12.7. The second-order valence-electron chi connectivity index (χ2n) is 7.15. The van der Waals surface area contributed by atoms with Crippen LogP contribution in [0.2, 0.25) is 0 Å². The molecule has 0 saturated carbocycles. The fourth-order valence-corrected chi connectivity index (χ4v) is 2.56. The molecule has 0 aromatic heterocycles. The molecule has 0 aromatic carbocycles. The monoisotopic (exact) mass is 241 g/mol. The van der Waals surface area contributed by atoms with Crippen LogP contribution in [0.4, 0.5) is 0 Å². The molecular formula is C14H27NO2. The molecule has 0 aliphatic carbocycles. The summed E-state index contributed by atoms with van der Waals surface area (Å²) in [5, 5.41) is 3.55. The highest BCUT2D eigenvalue weighted by atomic mass is 16.5. The van der Waals surface area contributed by atoms with Crippen LogP contribution >= 0.6 is 0 Å². The normalized spacial score (nSPS) is 21.3. The highest BCUT2D eigenvalue weighted by Gasteiger charge is 2.46. The minimum absolute atomic E-state index is 0.0573. The molecule has 0 radical (unpaired) electrons. The van der Waals surface area contributed by atoms with Gasteiger partial charge in [0.15, 0.2) is 5.78 Å². The first-order valence-corrected chi connectivity index (χ1v) is 6.49. The van der Waals surface area contributed by atoms with Crippen LogP contribution in [0.3, 0.4) is 0 Å². The Bertz CT molecular complexity index is 278. The lowest BCUT2D eigenvalue weighted by atomic mass is 9.73. The zero-order valence-corrected chi connectivity index (χ0v) is 12.1. The molecule has 0 unspecified atom stereocenters. The van der Waals surface area contributed by atoms with Gasteiger partial charge in [-0.3, -0.25) is 4.79 Å². The summed E-state index contributed by atoms with van der Waals surface area (Å²) < 4.78 is 5.41. The molecule has 0 amide bonds. The predicted molar refractivity (Wildman–Crippen MR) is 70.1 cm³/mol. The van der Waals surface area contributed by atoms with E-state index < -0.39 is 5.54 Å². The Morgan fingerprint density at radius 2 is 1.53 bits per heavy atom. The molecule has 1 saturated heterocycles. The number of rotatable bonds is 2. The Balaban J connectivity index is 2.97. The maximum Gasteiger partial charge on any atom is 0.158 e. The third kappa shape index (κ3) is 3.78. The molecule has 0 spiro atoms. The van der Waals surface area contributed by atoms with Crippen LogP contribution in [-0.2, 0) is 9.53 Å². The summed E-state index contributed by atoms with van der Waals surface area (Å²) in [4.78, 5) is 12.7. The molecule has 100 valence electrons. The van der Waals surface area contributed by atoms with Gasteiger partial charge in [-0.1, -0.05) is 20.8 Å². The molecule has 1 rings (SSSR count). The smallest absolute Gasteiger partial charge is 0.158 e. The molecular weight excluding hydrogens is 214 g/mol. The number of Topliss-reactive ketones (excluding diaryl/α,β-unsaturated/α-hetero) is 1. The van der Waals surface area contributed by atoms with Crippen molar-refractivity contribution in [2.75, 3.05) is 13.2 Å². The highest BCUT2D eigenvalue weighted by molar-refractivity contribution is 5.93. The molecule has 0 bridgehead atoms. The summed E-state index contributed by atoms with van der Waals surface area (Å²) in [7, 11) is 0. The number of nitrogens with one attached hydrogen (secondary N) is 1. The van der Waals surface area contributed by atoms with Crippen molar-refractivity contribution in [3.63, 3.8) is 0 Å². The Labute approximate surface area is 105 Å². The van der Waals surface area contributed by atoms with Crippen LogP contribution in [0, 0.1) is 5.41 Å². The fraction of sp³-hybridized carbons (Fsp3) is 0.929. The van der Waals surface area contributed by atoms with E-state index in [1.165, 1.54) is 0 Å². The second kappa shape index (κ2) is 4.69. The van der Waals surface area contributed by atoms with Crippen LogP contribution in [0.15, 0.2) is 0 Å². The van der Waals surface area contributed by atoms with Crippen molar-refractivity contribution in [1.82, 2.24) is 5.32 Å². The van der Waals surface area contributed by atoms with E-state index in [-0.39, 0.29) is 11.0 Å². The van der Waals surface area contributed by atoms with E-state index in [1.54, 1.807) is 0 Å². The van der Waals surface area contributed by atoms with E-state index in [4.69, 9.17) is 4.74 Å². The topological polar surface area (TPSA) is 38.3 Å². The molecule has 0 aromatic rings. The first-order valence-electron chi connectivity index (χ1n) is 6.49. The van der Waals surface area contributed by atoms with Crippen LogP contribution in [0.25, 0.3) is 0 Å². The van der Waals surface area contributed by atoms with Crippen LogP contribution in [0.5, 0.6) is 0 Å². The van der Waals surface area contributed by atoms with E-state index in [2.05, 4.69) is 26.1 Å². The fourth-order valence-electron chi connectivity index (χ4n) is 2.56. The van der Waals surface area contributed by atoms with Gasteiger partial charge in [0, 0.05) is 24.2 Å². The number of hydrogen-bond acceptors (Lipinski definition) is 3. The van der Waals surface area contributed by atoms with Gasteiger partial charge < -0.3 is 10.1 Å². The molecule has 3 heteroatoms. The summed E-state index contributed by atoms with van der Waals surface area (Å²) in [6.07, 6.45) is 1.56. The van der Waals surface area contributed by atoms with Gasteiger partial charge >= 0.3 is 0 Å². The number of hydrogen-bond donors (Lipinski definition) is 1. The first kappa shape index (κ1) is 14.7. The largest absolute Gasteiger partial charge is 0.381 e. The third-order valence-electron chi connectivity index (χ3n) is 3.08. The Morgan fingerprint density at radius 1 is 1.06 bits per heavy atom. The van der Waals surface area contributed by atoms with E-state index >= 15 is 0 Å². The third-order valence-corrected chi connectivity index (χ3v) is 3.08. The lowest BCUT2D eigenvalue weighted by molar-refractivity contribution is -0.138. The first-order chi connectivity index (χ1) is 7.57. The average Bonchev–Trinajstić information content (AvgIpc) is 2.14. The van der Waals surface area contributed by atoms with Crippen molar-refractivity contribution in [3.05, 3.63) is 0 Å². The van der Waals surface area contributed by atoms with Gasteiger partial charge in [-0.2, -0.15) is 0 Å². The summed E-state index contributed by atoms with van der Waals surface area (Å²) >= 11 is 0.